The molecule has 0 fully saturated rings. The molecule has 0 amide bonds. The highest BCUT2D eigenvalue weighted by Crippen LogP contribution is 2.28. The molecule has 2 heterocycles. The third-order valence-corrected chi connectivity index (χ3v) is 3.40. The lowest BCUT2D eigenvalue weighted by Gasteiger charge is -2.00. The van der Waals surface area contributed by atoms with E-state index < -0.39 is 21.7 Å². The molecule has 0 aliphatic carbocycles. The Labute approximate surface area is 143 Å². The topological polar surface area (TPSA) is 138 Å². The van der Waals surface area contributed by atoms with Crippen LogP contribution < -0.4 is 0 Å². The van der Waals surface area contributed by atoms with Gasteiger partial charge in [-0.05, 0) is 18.2 Å². The Hall–Kier alpha value is -3.53. The number of hydrogen-bond donors (Lipinski definition) is 0. The molecule has 1 aromatic carbocycles. The van der Waals surface area contributed by atoms with Crippen molar-refractivity contribution in [2.75, 3.05) is 0 Å². The minimum atomic E-state index is -0.827. The number of rotatable bonds is 4. The molecule has 11 heteroatoms. The van der Waals surface area contributed by atoms with Crippen molar-refractivity contribution >= 4 is 41.1 Å². The number of carbonyl (C=O) groups excluding carboxylic acids is 1. The van der Waals surface area contributed by atoms with Crippen LogP contribution in [0.1, 0.15) is 11.3 Å². The summed E-state index contributed by atoms with van der Waals surface area (Å²) in [5, 5.41) is 21.4. The highest BCUT2D eigenvalue weighted by molar-refractivity contribution is 6.32. The van der Waals surface area contributed by atoms with E-state index in [4.69, 9.17) is 20.8 Å². The summed E-state index contributed by atoms with van der Waals surface area (Å²) in [5.74, 6) is -1.44. The Morgan fingerprint density at radius 2 is 1.88 bits per heavy atom. The van der Waals surface area contributed by atoms with Crippen LogP contribution in [-0.4, -0.2) is 21.7 Å². The molecule has 0 spiro atoms. The fraction of sp³-hybridized carbons (Fsp3) is 0. The van der Waals surface area contributed by atoms with Crippen LogP contribution in [0.3, 0.4) is 0 Å². The molecular formula is C14H6ClN3O7. The molecule has 1 aromatic heterocycles. The molecule has 25 heavy (non-hydrogen) atoms. The number of ether oxygens (including phenoxy) is 1. The van der Waals surface area contributed by atoms with Crippen LogP contribution in [0.15, 0.2) is 45.4 Å². The van der Waals surface area contributed by atoms with E-state index >= 15 is 0 Å². The number of furan rings is 1. The number of nitro groups is 2. The number of nitrogens with zero attached hydrogens (tertiary/aromatic N) is 3. The summed E-state index contributed by atoms with van der Waals surface area (Å²) in [6.45, 7) is 0. The second-order valence-corrected chi connectivity index (χ2v) is 5.10. The van der Waals surface area contributed by atoms with E-state index in [2.05, 4.69) is 4.99 Å². The zero-order valence-corrected chi connectivity index (χ0v) is 12.8. The largest absolute Gasteiger partial charge is 0.433 e. The van der Waals surface area contributed by atoms with Crippen molar-refractivity contribution < 1.29 is 23.8 Å². The van der Waals surface area contributed by atoms with Gasteiger partial charge in [-0.1, -0.05) is 11.6 Å². The Balaban J connectivity index is 1.94. The van der Waals surface area contributed by atoms with Crippen molar-refractivity contribution in [3.8, 4) is 0 Å². The minimum Gasteiger partial charge on any atom is -0.402 e. The summed E-state index contributed by atoms with van der Waals surface area (Å²) in [6, 6.07) is 6.22. The van der Waals surface area contributed by atoms with Gasteiger partial charge >= 0.3 is 11.9 Å². The van der Waals surface area contributed by atoms with Crippen molar-refractivity contribution in [1.82, 2.24) is 0 Å². The van der Waals surface area contributed by atoms with Gasteiger partial charge in [0.25, 0.3) is 5.69 Å². The van der Waals surface area contributed by atoms with Gasteiger partial charge in [0, 0.05) is 17.7 Å². The second-order valence-electron chi connectivity index (χ2n) is 4.69. The van der Waals surface area contributed by atoms with E-state index in [0.29, 0.717) is 0 Å². The van der Waals surface area contributed by atoms with Gasteiger partial charge in [-0.25, -0.2) is 9.79 Å². The first-order valence-electron chi connectivity index (χ1n) is 6.56. The third kappa shape index (κ3) is 3.23. The fourth-order valence-corrected chi connectivity index (χ4v) is 2.16. The molecular weight excluding hydrogens is 358 g/mol. The fourth-order valence-electron chi connectivity index (χ4n) is 1.97. The molecule has 1 aliphatic heterocycles. The highest BCUT2D eigenvalue weighted by Gasteiger charge is 2.26. The zero-order valence-electron chi connectivity index (χ0n) is 12.0. The van der Waals surface area contributed by atoms with Crippen LogP contribution in [0.4, 0.5) is 11.6 Å². The smallest absolute Gasteiger partial charge is 0.402 e. The molecule has 126 valence electrons. The van der Waals surface area contributed by atoms with Crippen LogP contribution in [0.5, 0.6) is 0 Å². The third-order valence-electron chi connectivity index (χ3n) is 3.08. The monoisotopic (exact) mass is 363 g/mol. The van der Waals surface area contributed by atoms with Gasteiger partial charge in [0.2, 0.25) is 5.90 Å². The van der Waals surface area contributed by atoms with E-state index in [1.165, 1.54) is 18.2 Å². The molecule has 1 aliphatic rings. The van der Waals surface area contributed by atoms with Crippen molar-refractivity contribution in [2.45, 2.75) is 0 Å². The Morgan fingerprint density at radius 1 is 1.12 bits per heavy atom. The van der Waals surface area contributed by atoms with Crippen molar-refractivity contribution in [3.05, 3.63) is 72.6 Å². The Kier molecular flexibility index (Phi) is 4.03. The maximum atomic E-state index is 11.8. The maximum absolute atomic E-state index is 11.8. The molecule has 0 saturated carbocycles. The van der Waals surface area contributed by atoms with Crippen molar-refractivity contribution in [1.29, 1.82) is 0 Å². The number of hydrogen-bond acceptors (Lipinski definition) is 8. The average molecular weight is 364 g/mol. The lowest BCUT2D eigenvalue weighted by atomic mass is 10.2. The number of halogens is 1. The number of cyclic esters (lactones) is 1. The molecule has 0 atom stereocenters. The van der Waals surface area contributed by atoms with E-state index in [-0.39, 0.29) is 33.6 Å². The number of nitro benzene ring substituents is 1. The average Bonchev–Trinajstić information content (AvgIpc) is 3.15. The van der Waals surface area contributed by atoms with Gasteiger partial charge in [-0.3, -0.25) is 20.2 Å². The van der Waals surface area contributed by atoms with Gasteiger partial charge in [0.05, 0.1) is 11.0 Å². The van der Waals surface area contributed by atoms with E-state index in [9.17, 15) is 25.0 Å². The Bertz CT molecular complexity index is 977. The normalized spacial score (nSPS) is 15.2. The van der Waals surface area contributed by atoms with Crippen LogP contribution in [0.2, 0.25) is 5.02 Å². The first-order chi connectivity index (χ1) is 11.8. The predicted molar refractivity (Wildman–Crippen MR) is 84.1 cm³/mol. The standard InChI is InChI=1S/C14H6ClN3O7/c15-9-3-1-7(5-11(9)17(20)21)13-16-10(14(19)25-13)6-8-2-4-12(24-8)18(22)23/h1-6H/b10-6-. The predicted octanol–water partition coefficient (Wildman–Crippen LogP) is 3.09. The van der Waals surface area contributed by atoms with Crippen molar-refractivity contribution in [2.24, 2.45) is 4.99 Å². The van der Waals surface area contributed by atoms with Gasteiger partial charge in [0.1, 0.15) is 15.7 Å². The highest BCUT2D eigenvalue weighted by atomic mass is 35.5. The van der Waals surface area contributed by atoms with Crippen LogP contribution in [0.25, 0.3) is 6.08 Å². The van der Waals surface area contributed by atoms with Crippen LogP contribution >= 0.6 is 11.6 Å². The molecule has 10 nitrogen and oxygen atoms in total. The lowest BCUT2D eigenvalue weighted by molar-refractivity contribution is -0.402. The molecule has 0 unspecified atom stereocenters. The van der Waals surface area contributed by atoms with Crippen LogP contribution in [0, 0.1) is 20.2 Å². The first-order valence-corrected chi connectivity index (χ1v) is 6.94. The van der Waals surface area contributed by atoms with E-state index in [1.54, 1.807) is 0 Å². The summed E-state index contributed by atoms with van der Waals surface area (Å²) in [7, 11) is 0. The number of carbonyl (C=O) groups is 1. The van der Waals surface area contributed by atoms with Gasteiger partial charge in [0.15, 0.2) is 5.70 Å². The van der Waals surface area contributed by atoms with Gasteiger partial charge < -0.3 is 9.15 Å². The van der Waals surface area contributed by atoms with E-state index in [0.717, 1.165) is 18.2 Å². The summed E-state index contributed by atoms with van der Waals surface area (Å²) >= 11 is 5.72. The summed E-state index contributed by atoms with van der Waals surface area (Å²) < 4.78 is 9.87. The molecule has 0 radical (unpaired) electrons. The SMILES string of the molecule is O=C1OC(c2ccc(Cl)c([N+](=O)[O-])c2)=N/C1=C\c1ccc([N+](=O)[O-])o1. The van der Waals surface area contributed by atoms with Crippen LogP contribution in [-0.2, 0) is 9.53 Å². The summed E-state index contributed by atoms with van der Waals surface area (Å²) in [5.41, 5.74) is -0.355. The molecule has 2 aromatic rings. The molecule has 0 saturated heterocycles. The quantitative estimate of drug-likeness (QED) is 0.352. The maximum Gasteiger partial charge on any atom is 0.433 e. The lowest BCUT2D eigenvalue weighted by Crippen LogP contribution is -2.06. The summed E-state index contributed by atoms with van der Waals surface area (Å²) in [6.07, 6.45) is 1.16. The number of esters is 1. The molecule has 0 bridgehead atoms. The molecule has 0 N–H and O–H groups in total. The minimum absolute atomic E-state index is 0.0331. The van der Waals surface area contributed by atoms with Gasteiger partial charge in [-0.15, -0.1) is 0 Å². The number of aliphatic imine (C=N–C) groups is 1. The number of benzene rings is 1. The van der Waals surface area contributed by atoms with Gasteiger partial charge in [-0.2, -0.15) is 0 Å². The van der Waals surface area contributed by atoms with E-state index in [1.807, 2.05) is 0 Å². The first kappa shape index (κ1) is 16.3. The van der Waals surface area contributed by atoms with Crippen molar-refractivity contribution in [3.63, 3.8) is 0 Å². The Morgan fingerprint density at radius 3 is 2.52 bits per heavy atom. The summed E-state index contributed by atoms with van der Waals surface area (Å²) in [4.78, 5) is 35.9. The zero-order chi connectivity index (χ0) is 18.1. The molecule has 3 rings (SSSR count). The second kappa shape index (κ2) is 6.17.